The maximum atomic E-state index is 11.9. The fourth-order valence-corrected chi connectivity index (χ4v) is 2.28. The number of sulfonamides is 1. The molecule has 0 spiro atoms. The molecule has 0 aliphatic rings. The minimum Gasteiger partial charge on any atom is -0.399 e. The SMILES string of the molecule is CCCNC(=O)NS(=O)(=O)c1ccc(N)c(C)c1. The van der Waals surface area contributed by atoms with Crippen LogP contribution < -0.4 is 15.8 Å². The number of carbonyl (C=O) groups is 1. The molecule has 18 heavy (non-hydrogen) atoms. The van der Waals surface area contributed by atoms with Crippen LogP contribution in [0.5, 0.6) is 0 Å². The van der Waals surface area contributed by atoms with E-state index in [2.05, 4.69) is 5.32 Å². The Hall–Kier alpha value is -1.76. The van der Waals surface area contributed by atoms with Gasteiger partial charge < -0.3 is 11.1 Å². The molecule has 1 aromatic carbocycles. The van der Waals surface area contributed by atoms with Crippen LogP contribution in [0, 0.1) is 6.92 Å². The summed E-state index contributed by atoms with van der Waals surface area (Å²) in [5.74, 6) is 0. The second-order valence-corrected chi connectivity index (χ2v) is 5.56. The van der Waals surface area contributed by atoms with Crippen LogP contribution in [0.15, 0.2) is 23.1 Å². The smallest absolute Gasteiger partial charge is 0.328 e. The summed E-state index contributed by atoms with van der Waals surface area (Å²) in [4.78, 5) is 11.3. The van der Waals surface area contributed by atoms with E-state index >= 15 is 0 Å². The quantitative estimate of drug-likeness (QED) is 0.710. The van der Waals surface area contributed by atoms with Gasteiger partial charge in [0, 0.05) is 12.2 Å². The summed E-state index contributed by atoms with van der Waals surface area (Å²) < 4.78 is 25.6. The predicted octanol–water partition coefficient (Wildman–Crippen LogP) is 0.975. The second kappa shape index (κ2) is 5.72. The molecular weight excluding hydrogens is 254 g/mol. The Morgan fingerprint density at radius 1 is 1.39 bits per heavy atom. The monoisotopic (exact) mass is 271 g/mol. The lowest BCUT2D eigenvalue weighted by Crippen LogP contribution is -2.39. The van der Waals surface area contributed by atoms with Crippen LogP contribution in [0.4, 0.5) is 10.5 Å². The number of benzene rings is 1. The highest BCUT2D eigenvalue weighted by molar-refractivity contribution is 7.90. The van der Waals surface area contributed by atoms with Gasteiger partial charge in [-0.15, -0.1) is 0 Å². The first-order valence-electron chi connectivity index (χ1n) is 5.53. The average Bonchev–Trinajstić information content (AvgIpc) is 2.29. The van der Waals surface area contributed by atoms with Gasteiger partial charge in [0.1, 0.15) is 0 Å². The molecule has 0 heterocycles. The molecule has 6 nitrogen and oxygen atoms in total. The minimum atomic E-state index is -3.85. The first kappa shape index (κ1) is 14.3. The van der Waals surface area contributed by atoms with E-state index < -0.39 is 16.1 Å². The lowest BCUT2D eigenvalue weighted by molar-refractivity contribution is 0.246. The molecule has 4 N–H and O–H groups in total. The molecule has 1 aromatic rings. The highest BCUT2D eigenvalue weighted by atomic mass is 32.2. The molecule has 0 fully saturated rings. The Bertz CT molecular complexity index is 540. The van der Waals surface area contributed by atoms with E-state index in [1.807, 2.05) is 11.6 Å². The van der Waals surface area contributed by atoms with Crippen molar-refractivity contribution in [1.82, 2.24) is 10.0 Å². The lowest BCUT2D eigenvalue weighted by atomic mass is 10.2. The van der Waals surface area contributed by atoms with Crippen LogP contribution in [0.2, 0.25) is 0 Å². The summed E-state index contributed by atoms with van der Waals surface area (Å²) in [5, 5.41) is 2.43. The van der Waals surface area contributed by atoms with Crippen LogP contribution in [-0.2, 0) is 10.0 Å². The number of hydrogen-bond donors (Lipinski definition) is 3. The fourth-order valence-electron chi connectivity index (χ4n) is 1.27. The van der Waals surface area contributed by atoms with Gasteiger partial charge in [-0.25, -0.2) is 17.9 Å². The summed E-state index contributed by atoms with van der Waals surface area (Å²) in [6.45, 7) is 3.99. The molecule has 0 saturated carbocycles. The number of nitrogens with one attached hydrogen (secondary N) is 2. The molecule has 0 radical (unpaired) electrons. The van der Waals surface area contributed by atoms with Crippen molar-refractivity contribution in [3.05, 3.63) is 23.8 Å². The van der Waals surface area contributed by atoms with E-state index in [0.717, 1.165) is 6.42 Å². The van der Waals surface area contributed by atoms with Crippen LogP contribution >= 0.6 is 0 Å². The molecule has 7 heteroatoms. The molecule has 1 rings (SSSR count). The van der Waals surface area contributed by atoms with Gasteiger partial charge in [0.25, 0.3) is 10.0 Å². The van der Waals surface area contributed by atoms with Crippen molar-refractivity contribution in [3.8, 4) is 0 Å². The average molecular weight is 271 g/mol. The fraction of sp³-hybridized carbons (Fsp3) is 0.364. The number of anilines is 1. The first-order chi connectivity index (χ1) is 8.36. The van der Waals surface area contributed by atoms with Gasteiger partial charge in [-0.3, -0.25) is 0 Å². The van der Waals surface area contributed by atoms with Gasteiger partial charge in [0.2, 0.25) is 0 Å². The zero-order chi connectivity index (χ0) is 13.8. The van der Waals surface area contributed by atoms with Gasteiger partial charge >= 0.3 is 6.03 Å². The van der Waals surface area contributed by atoms with Gasteiger partial charge in [-0.2, -0.15) is 0 Å². The number of nitrogens with two attached hydrogens (primary N) is 1. The molecule has 0 bridgehead atoms. The van der Waals surface area contributed by atoms with Crippen LogP contribution in [0.25, 0.3) is 0 Å². The molecule has 0 atom stereocenters. The summed E-state index contributed by atoms with van der Waals surface area (Å²) in [5.41, 5.74) is 6.75. The van der Waals surface area contributed by atoms with Crippen LogP contribution in [0.3, 0.4) is 0 Å². The summed E-state index contributed by atoms with van der Waals surface area (Å²) in [6, 6.07) is 3.54. The summed E-state index contributed by atoms with van der Waals surface area (Å²) in [7, 11) is -3.85. The number of hydrogen-bond acceptors (Lipinski definition) is 4. The second-order valence-electron chi connectivity index (χ2n) is 3.88. The van der Waals surface area contributed by atoms with Gasteiger partial charge in [-0.1, -0.05) is 6.92 Å². The van der Waals surface area contributed by atoms with Crippen molar-refractivity contribution in [1.29, 1.82) is 0 Å². The van der Waals surface area contributed by atoms with Gasteiger partial charge in [-0.05, 0) is 37.1 Å². The third-order valence-electron chi connectivity index (χ3n) is 2.31. The molecule has 0 aliphatic carbocycles. The first-order valence-corrected chi connectivity index (χ1v) is 7.02. The highest BCUT2D eigenvalue weighted by Crippen LogP contribution is 2.16. The Labute approximate surface area is 107 Å². The largest absolute Gasteiger partial charge is 0.399 e. The Balaban J connectivity index is 2.86. The standard InChI is InChI=1S/C11H17N3O3S/c1-3-6-13-11(15)14-18(16,17)9-4-5-10(12)8(2)7-9/h4-5,7H,3,6,12H2,1-2H3,(H2,13,14,15). The molecule has 0 unspecified atom stereocenters. The number of aryl methyl sites for hydroxylation is 1. The predicted molar refractivity (Wildman–Crippen MR) is 69.6 cm³/mol. The third kappa shape index (κ3) is 3.63. The van der Waals surface area contributed by atoms with Crippen molar-refractivity contribution in [2.24, 2.45) is 0 Å². The normalized spacial score (nSPS) is 11.0. The molecule has 2 amide bonds. The van der Waals surface area contributed by atoms with Crippen LogP contribution in [0.1, 0.15) is 18.9 Å². The Morgan fingerprint density at radius 3 is 2.61 bits per heavy atom. The van der Waals surface area contributed by atoms with Crippen molar-refractivity contribution < 1.29 is 13.2 Å². The summed E-state index contributed by atoms with van der Waals surface area (Å²) >= 11 is 0. The third-order valence-corrected chi connectivity index (χ3v) is 3.64. The minimum absolute atomic E-state index is 0.0147. The van der Waals surface area contributed by atoms with Crippen molar-refractivity contribution in [2.75, 3.05) is 12.3 Å². The maximum absolute atomic E-state index is 11.9. The lowest BCUT2D eigenvalue weighted by Gasteiger charge is -2.09. The number of amides is 2. The van der Waals surface area contributed by atoms with E-state index in [1.165, 1.54) is 18.2 Å². The van der Waals surface area contributed by atoms with Gasteiger partial charge in [0.15, 0.2) is 0 Å². The topological polar surface area (TPSA) is 101 Å². The Kier molecular flexibility index (Phi) is 4.55. The van der Waals surface area contributed by atoms with Crippen molar-refractivity contribution >= 4 is 21.7 Å². The maximum Gasteiger partial charge on any atom is 0.328 e. The summed E-state index contributed by atoms with van der Waals surface area (Å²) in [6.07, 6.45) is 0.731. The highest BCUT2D eigenvalue weighted by Gasteiger charge is 2.17. The number of nitrogen functional groups attached to an aromatic ring is 1. The van der Waals surface area contributed by atoms with Crippen molar-refractivity contribution in [3.63, 3.8) is 0 Å². The van der Waals surface area contributed by atoms with E-state index in [-0.39, 0.29) is 4.90 Å². The van der Waals surface area contributed by atoms with E-state index in [4.69, 9.17) is 5.73 Å². The molecular formula is C11H17N3O3S. The van der Waals surface area contributed by atoms with Crippen LogP contribution in [-0.4, -0.2) is 21.0 Å². The zero-order valence-corrected chi connectivity index (χ0v) is 11.2. The van der Waals surface area contributed by atoms with E-state index in [1.54, 1.807) is 6.92 Å². The number of carbonyl (C=O) groups excluding carboxylic acids is 1. The Morgan fingerprint density at radius 2 is 2.06 bits per heavy atom. The van der Waals surface area contributed by atoms with Crippen molar-refractivity contribution in [2.45, 2.75) is 25.2 Å². The zero-order valence-electron chi connectivity index (χ0n) is 10.4. The molecule has 100 valence electrons. The molecule has 0 aromatic heterocycles. The number of urea groups is 1. The van der Waals surface area contributed by atoms with E-state index in [0.29, 0.717) is 17.8 Å². The number of rotatable bonds is 4. The van der Waals surface area contributed by atoms with Gasteiger partial charge in [0.05, 0.1) is 4.90 Å². The molecule has 0 aliphatic heterocycles. The van der Waals surface area contributed by atoms with E-state index in [9.17, 15) is 13.2 Å². The molecule has 0 saturated heterocycles.